The van der Waals surface area contributed by atoms with E-state index in [0.717, 1.165) is 30.5 Å². The van der Waals surface area contributed by atoms with Gasteiger partial charge in [0.1, 0.15) is 35.7 Å². The lowest BCUT2D eigenvalue weighted by Gasteiger charge is -2.40. The number of anilines is 2. The largest absolute Gasteiger partial charge is 0.382 e. The standard InChI is InChI=1S/C31H33F3N6O2/c1-2-3-22-4-6-23(7-5-22)30(41)37-25-9-11-29(28(34)17-25)39-14-12-38(13-15-39)18-31(42,19-40-21-35-20-36-40)26-10-8-24(32)16-27(26)33/h4-11,16-17,20-21,42H,2-3,12-15,18-19H2,1H3,(H,37,41). The molecule has 8 nitrogen and oxygen atoms in total. The number of nitrogens with zero attached hydrogens (tertiary/aromatic N) is 5. The van der Waals surface area contributed by atoms with Crippen molar-refractivity contribution in [2.45, 2.75) is 31.9 Å². The number of halogens is 3. The summed E-state index contributed by atoms with van der Waals surface area (Å²) in [6, 6.07) is 15.1. The Morgan fingerprint density at radius 3 is 2.36 bits per heavy atom. The number of aliphatic hydroxyl groups is 1. The molecule has 1 aromatic heterocycles. The zero-order valence-electron chi connectivity index (χ0n) is 23.3. The Balaban J connectivity index is 1.22. The van der Waals surface area contributed by atoms with Crippen LogP contribution in [-0.4, -0.2) is 63.4 Å². The summed E-state index contributed by atoms with van der Waals surface area (Å²) in [7, 11) is 0. The first kappa shape index (κ1) is 29.3. The normalized spacial score (nSPS) is 15.4. The Bertz CT molecular complexity index is 1510. The smallest absolute Gasteiger partial charge is 0.255 e. The van der Waals surface area contributed by atoms with E-state index in [4.69, 9.17) is 0 Å². The van der Waals surface area contributed by atoms with Crippen LogP contribution >= 0.6 is 0 Å². The quantitative estimate of drug-likeness (QED) is 0.286. The molecule has 0 saturated carbocycles. The van der Waals surface area contributed by atoms with Crippen molar-refractivity contribution in [2.24, 2.45) is 0 Å². The lowest BCUT2D eigenvalue weighted by molar-refractivity contribution is -0.0227. The van der Waals surface area contributed by atoms with Gasteiger partial charge in [-0.25, -0.2) is 22.8 Å². The van der Waals surface area contributed by atoms with Gasteiger partial charge in [-0.2, -0.15) is 5.10 Å². The fourth-order valence-corrected chi connectivity index (χ4v) is 5.34. The molecule has 1 unspecified atom stereocenters. The first-order chi connectivity index (χ1) is 20.2. The summed E-state index contributed by atoms with van der Waals surface area (Å²) >= 11 is 0. The summed E-state index contributed by atoms with van der Waals surface area (Å²) < 4.78 is 44.9. The van der Waals surface area contributed by atoms with E-state index in [9.17, 15) is 18.7 Å². The molecular formula is C31H33F3N6O2. The van der Waals surface area contributed by atoms with Crippen LogP contribution in [0.2, 0.25) is 0 Å². The van der Waals surface area contributed by atoms with Gasteiger partial charge in [-0.1, -0.05) is 31.5 Å². The molecule has 1 amide bonds. The highest BCUT2D eigenvalue weighted by Crippen LogP contribution is 2.30. The van der Waals surface area contributed by atoms with Gasteiger partial charge in [0.25, 0.3) is 5.91 Å². The van der Waals surface area contributed by atoms with E-state index in [2.05, 4.69) is 22.3 Å². The van der Waals surface area contributed by atoms with Gasteiger partial charge in [-0.3, -0.25) is 9.69 Å². The molecule has 3 aromatic carbocycles. The summed E-state index contributed by atoms with van der Waals surface area (Å²) in [4.78, 5) is 20.4. The summed E-state index contributed by atoms with van der Waals surface area (Å²) in [5.74, 6) is -2.36. The third-order valence-corrected chi connectivity index (χ3v) is 7.48. The minimum Gasteiger partial charge on any atom is -0.382 e. The highest BCUT2D eigenvalue weighted by molar-refractivity contribution is 6.04. The van der Waals surface area contributed by atoms with E-state index < -0.39 is 23.1 Å². The number of hydrogen-bond donors (Lipinski definition) is 2. The van der Waals surface area contributed by atoms with Crippen LogP contribution in [0, 0.1) is 17.5 Å². The number of nitrogens with one attached hydrogen (secondary N) is 1. The average molecular weight is 579 g/mol. The molecule has 1 saturated heterocycles. The molecule has 220 valence electrons. The van der Waals surface area contributed by atoms with Gasteiger partial charge in [0.15, 0.2) is 0 Å². The zero-order valence-corrected chi connectivity index (χ0v) is 23.3. The van der Waals surface area contributed by atoms with Gasteiger partial charge in [0, 0.05) is 55.6 Å². The second-order valence-corrected chi connectivity index (χ2v) is 10.6. The Morgan fingerprint density at radius 2 is 1.71 bits per heavy atom. The Morgan fingerprint density at radius 1 is 0.952 bits per heavy atom. The van der Waals surface area contributed by atoms with Crippen LogP contribution < -0.4 is 10.2 Å². The maximum Gasteiger partial charge on any atom is 0.255 e. The van der Waals surface area contributed by atoms with Gasteiger partial charge >= 0.3 is 0 Å². The SMILES string of the molecule is CCCc1ccc(C(=O)Nc2ccc(N3CCN(CC(O)(Cn4cncn4)c4ccc(F)cc4F)CC3)c(F)c2)cc1. The van der Waals surface area contributed by atoms with Crippen LogP contribution in [0.1, 0.15) is 34.8 Å². The fraction of sp³-hybridized carbons (Fsp3) is 0.323. The van der Waals surface area contributed by atoms with Crippen LogP contribution in [0.3, 0.4) is 0 Å². The molecule has 1 aliphatic rings. The van der Waals surface area contributed by atoms with Crippen LogP contribution in [0.5, 0.6) is 0 Å². The summed E-state index contributed by atoms with van der Waals surface area (Å²) in [6.07, 6.45) is 4.70. The molecule has 0 bridgehead atoms. The highest BCUT2D eigenvalue weighted by atomic mass is 19.1. The van der Waals surface area contributed by atoms with Crippen molar-refractivity contribution in [1.29, 1.82) is 0 Å². The monoisotopic (exact) mass is 578 g/mol. The van der Waals surface area contributed by atoms with Crippen LogP contribution in [0.25, 0.3) is 0 Å². The second-order valence-electron chi connectivity index (χ2n) is 10.6. The second kappa shape index (κ2) is 12.7. The van der Waals surface area contributed by atoms with Crippen molar-refractivity contribution in [2.75, 3.05) is 42.9 Å². The molecule has 1 fully saturated rings. The van der Waals surface area contributed by atoms with E-state index in [0.29, 0.717) is 43.1 Å². The predicted octanol–water partition coefficient (Wildman–Crippen LogP) is 4.61. The first-order valence-corrected chi connectivity index (χ1v) is 13.9. The summed E-state index contributed by atoms with van der Waals surface area (Å²) in [6.45, 7) is 3.91. The molecule has 4 aromatic rings. The van der Waals surface area contributed by atoms with E-state index in [1.54, 1.807) is 24.3 Å². The Hall–Kier alpha value is -4.22. The minimum absolute atomic E-state index is 0.0394. The summed E-state index contributed by atoms with van der Waals surface area (Å²) in [5.41, 5.74) is 0.667. The molecule has 42 heavy (non-hydrogen) atoms. The number of carbonyl (C=O) groups is 1. The van der Waals surface area contributed by atoms with Gasteiger partial charge in [0.05, 0.1) is 12.2 Å². The molecule has 5 rings (SSSR count). The third-order valence-electron chi connectivity index (χ3n) is 7.48. The van der Waals surface area contributed by atoms with E-state index in [1.807, 2.05) is 21.9 Å². The van der Waals surface area contributed by atoms with E-state index in [1.165, 1.54) is 29.5 Å². The minimum atomic E-state index is -1.71. The van der Waals surface area contributed by atoms with Crippen molar-refractivity contribution in [3.63, 3.8) is 0 Å². The van der Waals surface area contributed by atoms with Crippen LogP contribution in [-0.2, 0) is 18.6 Å². The first-order valence-electron chi connectivity index (χ1n) is 13.9. The van der Waals surface area contributed by atoms with Gasteiger partial charge in [-0.05, 0) is 48.4 Å². The van der Waals surface area contributed by atoms with Gasteiger partial charge in [-0.15, -0.1) is 0 Å². The number of hydrogen-bond acceptors (Lipinski definition) is 6. The molecular weight excluding hydrogens is 545 g/mol. The van der Waals surface area contributed by atoms with Crippen molar-refractivity contribution in [1.82, 2.24) is 19.7 Å². The number of rotatable bonds is 10. The topological polar surface area (TPSA) is 86.5 Å². The molecule has 0 spiro atoms. The number of β-amino-alcohol motifs (C(OH)–C–C–N with tert-alkyl or cyclic N) is 1. The number of benzene rings is 3. The third kappa shape index (κ3) is 6.80. The van der Waals surface area contributed by atoms with Crippen molar-refractivity contribution in [3.05, 3.63) is 107 Å². The van der Waals surface area contributed by atoms with E-state index >= 15 is 4.39 Å². The maximum absolute atomic E-state index is 15.2. The number of aromatic nitrogens is 3. The van der Waals surface area contributed by atoms with Crippen molar-refractivity contribution in [3.8, 4) is 0 Å². The molecule has 11 heteroatoms. The number of amides is 1. The number of piperazine rings is 1. The van der Waals surface area contributed by atoms with E-state index in [-0.39, 0.29) is 24.6 Å². The van der Waals surface area contributed by atoms with Gasteiger partial charge < -0.3 is 15.3 Å². The maximum atomic E-state index is 15.2. The van der Waals surface area contributed by atoms with Gasteiger partial charge in [0.2, 0.25) is 0 Å². The van der Waals surface area contributed by atoms with Crippen molar-refractivity contribution >= 4 is 17.3 Å². The summed E-state index contributed by atoms with van der Waals surface area (Å²) in [5, 5.41) is 18.4. The Labute approximate surface area is 242 Å². The van der Waals surface area contributed by atoms with Crippen molar-refractivity contribution < 1.29 is 23.1 Å². The number of carbonyl (C=O) groups excluding carboxylic acids is 1. The fourth-order valence-electron chi connectivity index (χ4n) is 5.34. The zero-order chi connectivity index (χ0) is 29.7. The molecule has 2 heterocycles. The average Bonchev–Trinajstić information content (AvgIpc) is 3.47. The molecule has 0 radical (unpaired) electrons. The predicted molar refractivity (Wildman–Crippen MR) is 154 cm³/mol. The Kier molecular flexibility index (Phi) is 8.89. The molecule has 1 atom stereocenters. The van der Waals surface area contributed by atoms with Crippen LogP contribution in [0.15, 0.2) is 73.3 Å². The molecule has 1 aliphatic heterocycles. The highest BCUT2D eigenvalue weighted by Gasteiger charge is 2.36. The van der Waals surface area contributed by atoms with Crippen LogP contribution in [0.4, 0.5) is 24.5 Å². The lowest BCUT2D eigenvalue weighted by Crippen LogP contribution is -2.52. The lowest BCUT2D eigenvalue weighted by atomic mass is 9.92. The molecule has 0 aliphatic carbocycles. The molecule has 2 N–H and O–H groups in total. The number of aryl methyl sites for hydroxylation is 1.